The number of aliphatic carboxylic acids is 1. The summed E-state index contributed by atoms with van der Waals surface area (Å²) in [6, 6.07) is 29.1. The molecule has 3 aromatic rings. The van der Waals surface area contributed by atoms with Crippen molar-refractivity contribution in [1.29, 1.82) is 0 Å². The molecule has 3 rings (SSSR count). The standard InChI is InChI=1S/C26H28NO3P/c1-25(2,3)23(28)27-26(4,24(29)30)31(20-14-8-5-9-15-20,21-16-10-6-11-17-21)22-18-12-7-13-19-22/h5-19H,1-4H3,(H-,27,28,29,30)/p+1. The van der Waals surface area contributed by atoms with E-state index >= 15 is 0 Å². The van der Waals surface area contributed by atoms with E-state index in [0.717, 1.165) is 15.9 Å². The van der Waals surface area contributed by atoms with E-state index in [4.69, 9.17) is 0 Å². The molecule has 160 valence electrons. The third-order valence-corrected chi connectivity index (χ3v) is 10.4. The van der Waals surface area contributed by atoms with Gasteiger partial charge in [-0.25, -0.2) is 4.79 Å². The van der Waals surface area contributed by atoms with Crippen LogP contribution >= 0.6 is 7.26 Å². The van der Waals surface area contributed by atoms with Gasteiger partial charge in [-0.3, -0.25) is 4.79 Å². The van der Waals surface area contributed by atoms with Gasteiger partial charge in [0.05, 0.1) is 0 Å². The van der Waals surface area contributed by atoms with Crippen LogP contribution in [-0.2, 0) is 9.59 Å². The van der Waals surface area contributed by atoms with E-state index in [-0.39, 0.29) is 5.91 Å². The summed E-state index contributed by atoms with van der Waals surface area (Å²) in [4.78, 5) is 26.2. The molecule has 0 radical (unpaired) electrons. The maximum absolute atomic E-state index is 13.2. The Bertz CT molecular complexity index is 950. The Kier molecular flexibility index (Phi) is 6.33. The summed E-state index contributed by atoms with van der Waals surface area (Å²) in [6.07, 6.45) is 0. The average Bonchev–Trinajstić information content (AvgIpc) is 2.76. The molecule has 0 fully saturated rings. The van der Waals surface area contributed by atoms with Crippen LogP contribution in [0.15, 0.2) is 91.0 Å². The van der Waals surface area contributed by atoms with Crippen molar-refractivity contribution < 1.29 is 14.7 Å². The molecule has 1 unspecified atom stereocenters. The van der Waals surface area contributed by atoms with Crippen LogP contribution < -0.4 is 21.2 Å². The molecule has 31 heavy (non-hydrogen) atoms. The van der Waals surface area contributed by atoms with Crippen LogP contribution in [0.25, 0.3) is 0 Å². The molecule has 0 heterocycles. The van der Waals surface area contributed by atoms with Gasteiger partial charge in [0.15, 0.2) is 0 Å². The van der Waals surface area contributed by atoms with E-state index in [2.05, 4.69) is 5.32 Å². The number of carbonyl (C=O) groups is 2. The van der Waals surface area contributed by atoms with Gasteiger partial charge >= 0.3 is 5.97 Å². The molecule has 4 nitrogen and oxygen atoms in total. The lowest BCUT2D eigenvalue weighted by Crippen LogP contribution is -2.62. The van der Waals surface area contributed by atoms with Crippen molar-refractivity contribution >= 4 is 35.1 Å². The highest BCUT2D eigenvalue weighted by Gasteiger charge is 2.66. The van der Waals surface area contributed by atoms with E-state index in [0.29, 0.717) is 0 Å². The molecule has 0 saturated carbocycles. The second-order valence-corrected chi connectivity index (χ2v) is 12.5. The Labute approximate surface area is 184 Å². The quantitative estimate of drug-likeness (QED) is 0.578. The molecule has 0 aliphatic carbocycles. The van der Waals surface area contributed by atoms with Crippen molar-refractivity contribution in [3.05, 3.63) is 91.0 Å². The average molecular weight is 434 g/mol. The zero-order valence-electron chi connectivity index (χ0n) is 18.4. The second-order valence-electron chi connectivity index (χ2n) is 8.76. The summed E-state index contributed by atoms with van der Waals surface area (Å²) in [5, 5.41) is 14.8. The zero-order valence-corrected chi connectivity index (χ0v) is 19.3. The van der Waals surface area contributed by atoms with Crippen molar-refractivity contribution in [2.24, 2.45) is 5.41 Å². The number of carbonyl (C=O) groups excluding carboxylic acids is 1. The van der Waals surface area contributed by atoms with Crippen LogP contribution in [0.1, 0.15) is 27.7 Å². The summed E-state index contributed by atoms with van der Waals surface area (Å²) in [6.45, 7) is 7.02. The van der Waals surface area contributed by atoms with Crippen LogP contribution in [0, 0.1) is 5.41 Å². The molecule has 0 aromatic heterocycles. The summed E-state index contributed by atoms with van der Waals surface area (Å²) in [5.41, 5.74) is -0.740. The summed E-state index contributed by atoms with van der Waals surface area (Å²) >= 11 is 0. The molecule has 2 N–H and O–H groups in total. The van der Waals surface area contributed by atoms with Gasteiger partial charge < -0.3 is 10.4 Å². The van der Waals surface area contributed by atoms with Crippen LogP contribution in [0.4, 0.5) is 0 Å². The number of carboxylic acids is 1. The van der Waals surface area contributed by atoms with Gasteiger partial charge in [-0.2, -0.15) is 0 Å². The minimum Gasteiger partial charge on any atom is -0.477 e. The first-order valence-electron chi connectivity index (χ1n) is 10.3. The molecule has 0 aliphatic heterocycles. The maximum Gasteiger partial charge on any atom is 0.370 e. The number of benzene rings is 3. The Morgan fingerprint density at radius 1 is 0.677 bits per heavy atom. The highest BCUT2D eigenvalue weighted by molar-refractivity contribution is 7.97. The number of nitrogens with one attached hydrogen (secondary N) is 1. The van der Waals surface area contributed by atoms with Crippen molar-refractivity contribution in [1.82, 2.24) is 5.32 Å². The second kappa shape index (κ2) is 8.64. The Balaban J connectivity index is 2.46. The van der Waals surface area contributed by atoms with Crippen molar-refractivity contribution in [3.63, 3.8) is 0 Å². The van der Waals surface area contributed by atoms with Gasteiger partial charge in [0.25, 0.3) is 5.28 Å². The molecule has 0 aliphatic rings. The van der Waals surface area contributed by atoms with Gasteiger partial charge in [-0.1, -0.05) is 75.4 Å². The largest absolute Gasteiger partial charge is 0.477 e. The number of amides is 1. The van der Waals surface area contributed by atoms with Crippen molar-refractivity contribution in [2.45, 2.75) is 33.0 Å². The highest BCUT2D eigenvalue weighted by atomic mass is 31.2. The van der Waals surface area contributed by atoms with Gasteiger partial charge in [-0.15, -0.1) is 0 Å². The first kappa shape index (κ1) is 22.7. The fourth-order valence-electron chi connectivity index (χ4n) is 3.87. The minimum atomic E-state index is -2.89. The topological polar surface area (TPSA) is 66.4 Å². The fraction of sp³-hybridized carbons (Fsp3) is 0.231. The summed E-state index contributed by atoms with van der Waals surface area (Å²) in [7, 11) is -2.89. The monoisotopic (exact) mass is 434 g/mol. The third-order valence-electron chi connectivity index (χ3n) is 5.56. The number of carboxylic acid groups (broad SMARTS) is 1. The molecule has 5 heteroatoms. The smallest absolute Gasteiger partial charge is 0.370 e. The number of rotatable bonds is 6. The van der Waals surface area contributed by atoms with Crippen LogP contribution in [0.5, 0.6) is 0 Å². The van der Waals surface area contributed by atoms with E-state index in [9.17, 15) is 14.7 Å². The van der Waals surface area contributed by atoms with Crippen LogP contribution in [0.3, 0.4) is 0 Å². The lowest BCUT2D eigenvalue weighted by atomic mass is 9.95. The molecule has 1 amide bonds. The molecule has 0 bridgehead atoms. The van der Waals surface area contributed by atoms with Crippen molar-refractivity contribution in [3.8, 4) is 0 Å². The minimum absolute atomic E-state index is 0.301. The maximum atomic E-state index is 13.2. The van der Waals surface area contributed by atoms with E-state index in [1.165, 1.54) is 0 Å². The number of hydrogen-bond donors (Lipinski definition) is 2. The number of hydrogen-bond acceptors (Lipinski definition) is 2. The van der Waals surface area contributed by atoms with Gasteiger partial charge in [0.1, 0.15) is 23.2 Å². The summed E-state index contributed by atoms with van der Waals surface area (Å²) in [5.74, 6) is -1.36. The third kappa shape index (κ3) is 4.00. The molecular formula is C26H29NO3P+. The van der Waals surface area contributed by atoms with Gasteiger partial charge in [0, 0.05) is 12.3 Å². The normalized spacial score (nSPS) is 13.8. The Morgan fingerprint density at radius 2 is 1.00 bits per heavy atom. The molecule has 0 spiro atoms. The predicted molar refractivity (Wildman–Crippen MR) is 129 cm³/mol. The first-order valence-corrected chi connectivity index (χ1v) is 12.0. The predicted octanol–water partition coefficient (Wildman–Crippen LogP) is 3.94. The SMILES string of the molecule is CC(C)(C)C(=O)NC(C)(C(=O)O)[P+](c1ccccc1)(c1ccccc1)c1ccccc1. The van der Waals surface area contributed by atoms with E-state index in [1.54, 1.807) is 27.7 Å². The Hall–Kier alpha value is -2.97. The summed E-state index contributed by atoms with van der Waals surface area (Å²) < 4.78 is 0. The lowest BCUT2D eigenvalue weighted by molar-refractivity contribution is -0.144. The molecule has 1 atom stereocenters. The molecular weight excluding hydrogens is 405 g/mol. The van der Waals surface area contributed by atoms with Crippen molar-refractivity contribution in [2.75, 3.05) is 0 Å². The Morgan fingerprint density at radius 3 is 1.26 bits per heavy atom. The van der Waals surface area contributed by atoms with E-state index in [1.807, 2.05) is 91.0 Å². The van der Waals surface area contributed by atoms with Gasteiger partial charge in [-0.05, 0) is 36.4 Å². The highest BCUT2D eigenvalue weighted by Crippen LogP contribution is 2.64. The van der Waals surface area contributed by atoms with Gasteiger partial charge in [0.2, 0.25) is 5.91 Å². The molecule has 0 saturated heterocycles. The fourth-order valence-corrected chi connectivity index (χ4v) is 8.72. The first-order chi connectivity index (χ1) is 14.6. The molecule has 3 aromatic carbocycles. The van der Waals surface area contributed by atoms with Crippen LogP contribution in [-0.4, -0.2) is 22.3 Å². The zero-order chi connectivity index (χ0) is 22.7. The van der Waals surface area contributed by atoms with E-state index < -0.39 is 23.9 Å². The lowest BCUT2D eigenvalue weighted by Gasteiger charge is -2.41. The van der Waals surface area contributed by atoms with Crippen LogP contribution in [0.2, 0.25) is 0 Å².